The van der Waals surface area contributed by atoms with Crippen molar-refractivity contribution in [1.29, 1.82) is 0 Å². The lowest BCUT2D eigenvalue weighted by molar-refractivity contribution is -0.384. The molecular formula is C21H22N2O5. The number of rotatable bonds is 9. The van der Waals surface area contributed by atoms with Crippen molar-refractivity contribution in [3.05, 3.63) is 64.2 Å². The molecule has 0 aliphatic rings. The summed E-state index contributed by atoms with van der Waals surface area (Å²) in [7, 11) is 0. The minimum Gasteiger partial charge on any atom is -0.318 e. The number of carbonyl (C=O) groups excluding carboxylic acids is 2. The Hall–Kier alpha value is -3.35. The summed E-state index contributed by atoms with van der Waals surface area (Å²) in [5.74, 6) is -0.918. The van der Waals surface area contributed by atoms with Crippen molar-refractivity contribution < 1.29 is 19.3 Å². The van der Waals surface area contributed by atoms with E-state index in [-0.39, 0.29) is 17.2 Å². The molecule has 0 spiro atoms. The quantitative estimate of drug-likeness (QED) is 0.153. The summed E-state index contributed by atoms with van der Waals surface area (Å²) in [5, 5.41) is 14.9. The van der Waals surface area contributed by atoms with Crippen LogP contribution in [0.4, 0.5) is 5.69 Å². The van der Waals surface area contributed by atoms with Crippen LogP contribution in [0.15, 0.2) is 53.7 Å². The molecule has 0 amide bonds. The molecule has 0 N–H and O–H groups in total. The zero-order valence-corrected chi connectivity index (χ0v) is 15.9. The Morgan fingerprint density at radius 2 is 1.75 bits per heavy atom. The first-order chi connectivity index (χ1) is 13.4. The zero-order valence-electron chi connectivity index (χ0n) is 15.9. The molecule has 0 saturated carbocycles. The lowest BCUT2D eigenvalue weighted by Gasteiger charge is -2.07. The Balaban J connectivity index is 2.27. The second-order valence-electron chi connectivity index (χ2n) is 6.26. The molecule has 0 aromatic heterocycles. The molecular weight excluding hydrogens is 360 g/mol. The highest BCUT2D eigenvalue weighted by molar-refractivity contribution is 6.45. The van der Waals surface area contributed by atoms with E-state index < -0.39 is 10.9 Å². The predicted molar refractivity (Wildman–Crippen MR) is 106 cm³/mol. The van der Waals surface area contributed by atoms with Gasteiger partial charge in [-0.05, 0) is 24.5 Å². The molecule has 0 radical (unpaired) electrons. The number of benzene rings is 2. The summed E-state index contributed by atoms with van der Waals surface area (Å²) in [6, 6.07) is 12.9. The lowest BCUT2D eigenvalue weighted by atomic mass is 9.98. The molecule has 0 bridgehead atoms. The van der Waals surface area contributed by atoms with E-state index in [2.05, 4.69) is 9.99 Å². The van der Waals surface area contributed by atoms with Crippen molar-refractivity contribution in [2.24, 2.45) is 5.16 Å². The van der Waals surface area contributed by atoms with Gasteiger partial charge >= 0.3 is 5.97 Å². The molecule has 2 rings (SSSR count). The summed E-state index contributed by atoms with van der Waals surface area (Å²) < 4.78 is 0. The van der Waals surface area contributed by atoms with Crippen LogP contribution in [0.5, 0.6) is 0 Å². The van der Waals surface area contributed by atoms with E-state index in [9.17, 15) is 19.7 Å². The first kappa shape index (κ1) is 21.0. The van der Waals surface area contributed by atoms with Gasteiger partial charge in [-0.1, -0.05) is 61.3 Å². The molecule has 0 aliphatic carbocycles. The Morgan fingerprint density at radius 3 is 2.36 bits per heavy atom. The second-order valence-corrected chi connectivity index (χ2v) is 6.26. The number of ketones is 1. The summed E-state index contributed by atoms with van der Waals surface area (Å²) in [4.78, 5) is 39.2. The summed E-state index contributed by atoms with van der Waals surface area (Å²) >= 11 is 0. The van der Waals surface area contributed by atoms with Crippen molar-refractivity contribution in [3.63, 3.8) is 0 Å². The maximum atomic E-state index is 12.7. The van der Waals surface area contributed by atoms with Gasteiger partial charge in [-0.25, -0.2) is 4.79 Å². The van der Waals surface area contributed by atoms with Crippen molar-refractivity contribution in [1.82, 2.24) is 0 Å². The number of oxime groups is 1. The Morgan fingerprint density at radius 1 is 1.07 bits per heavy atom. The largest absolute Gasteiger partial charge is 0.331 e. The van der Waals surface area contributed by atoms with E-state index in [0.29, 0.717) is 23.1 Å². The van der Waals surface area contributed by atoms with Crippen molar-refractivity contribution in [2.75, 3.05) is 0 Å². The minimum absolute atomic E-state index is 0.00162. The van der Waals surface area contributed by atoms with Gasteiger partial charge < -0.3 is 4.84 Å². The van der Waals surface area contributed by atoms with Gasteiger partial charge in [-0.2, -0.15) is 0 Å². The van der Waals surface area contributed by atoms with Gasteiger partial charge in [0.05, 0.1) is 10.5 Å². The van der Waals surface area contributed by atoms with Gasteiger partial charge in [0.15, 0.2) is 0 Å². The Bertz CT molecular complexity index is 888. The monoisotopic (exact) mass is 382 g/mol. The number of nitro benzene ring substituents is 1. The Labute approximate surface area is 163 Å². The van der Waals surface area contributed by atoms with Crippen molar-refractivity contribution in [3.8, 4) is 11.1 Å². The number of hydrogen-bond donors (Lipinski definition) is 0. The number of nitrogens with zero attached hydrogens (tertiary/aromatic N) is 2. The molecule has 2 aromatic rings. The minimum atomic E-state index is -0.590. The lowest BCUT2D eigenvalue weighted by Crippen LogP contribution is -2.16. The smallest absolute Gasteiger partial charge is 0.318 e. The number of nitro groups is 1. The fourth-order valence-corrected chi connectivity index (χ4v) is 2.71. The normalized spacial score (nSPS) is 11.1. The van der Waals surface area contributed by atoms with Crippen LogP contribution in [0.1, 0.15) is 49.9 Å². The molecule has 2 aromatic carbocycles. The van der Waals surface area contributed by atoms with Gasteiger partial charge in [-0.15, -0.1) is 0 Å². The number of unbranched alkanes of at least 4 members (excludes halogenated alkanes) is 2. The highest BCUT2D eigenvalue weighted by atomic mass is 16.7. The molecule has 7 nitrogen and oxygen atoms in total. The van der Waals surface area contributed by atoms with Crippen LogP contribution in [0.25, 0.3) is 11.1 Å². The molecule has 0 heterocycles. The number of carbonyl (C=O) groups is 2. The van der Waals surface area contributed by atoms with E-state index in [4.69, 9.17) is 0 Å². The second kappa shape index (κ2) is 10.1. The van der Waals surface area contributed by atoms with Crippen LogP contribution in [-0.2, 0) is 9.63 Å². The first-order valence-corrected chi connectivity index (χ1v) is 9.07. The highest BCUT2D eigenvalue weighted by Crippen LogP contribution is 2.29. The van der Waals surface area contributed by atoms with E-state index in [1.54, 1.807) is 42.5 Å². The third-order valence-electron chi connectivity index (χ3n) is 4.12. The highest BCUT2D eigenvalue weighted by Gasteiger charge is 2.18. The van der Waals surface area contributed by atoms with E-state index in [0.717, 1.165) is 19.3 Å². The van der Waals surface area contributed by atoms with Gasteiger partial charge in [0.1, 0.15) is 5.71 Å². The molecule has 0 unspecified atom stereocenters. The van der Waals surface area contributed by atoms with E-state index in [1.165, 1.54) is 13.0 Å². The van der Waals surface area contributed by atoms with Crippen LogP contribution in [0.3, 0.4) is 0 Å². The van der Waals surface area contributed by atoms with Crippen molar-refractivity contribution >= 4 is 23.2 Å². The third kappa shape index (κ3) is 5.57. The van der Waals surface area contributed by atoms with E-state index in [1.807, 2.05) is 6.92 Å². The maximum absolute atomic E-state index is 12.7. The zero-order chi connectivity index (χ0) is 20.5. The molecule has 0 saturated heterocycles. The van der Waals surface area contributed by atoms with Crippen LogP contribution >= 0.6 is 0 Å². The van der Waals surface area contributed by atoms with Gasteiger partial charge in [0, 0.05) is 18.6 Å². The first-order valence-electron chi connectivity index (χ1n) is 9.07. The standard InChI is InChI=1S/C21H22N2O5/c1-3-4-5-9-19(22-28-15(2)24)21(25)17-13-11-16(12-14-17)18-8-6-7-10-20(18)23(26)27/h6-8,10-14H,3-5,9H2,1-2H3/b22-19-. The molecule has 146 valence electrons. The fourth-order valence-electron chi connectivity index (χ4n) is 2.71. The van der Waals surface area contributed by atoms with Crippen LogP contribution in [0.2, 0.25) is 0 Å². The van der Waals surface area contributed by atoms with Crippen LogP contribution in [0, 0.1) is 10.1 Å². The third-order valence-corrected chi connectivity index (χ3v) is 4.12. The molecule has 0 atom stereocenters. The van der Waals surface area contributed by atoms with Gasteiger partial charge in [0.25, 0.3) is 5.69 Å². The van der Waals surface area contributed by atoms with Gasteiger partial charge in [-0.3, -0.25) is 14.9 Å². The molecule has 28 heavy (non-hydrogen) atoms. The SMILES string of the molecule is CCCCC/C(=N/OC(C)=O)C(=O)c1ccc(-c2ccccc2[N+](=O)[O-])cc1. The van der Waals surface area contributed by atoms with Crippen LogP contribution in [-0.4, -0.2) is 22.4 Å². The maximum Gasteiger partial charge on any atom is 0.331 e. The Kier molecular flexibility index (Phi) is 7.56. The summed E-state index contributed by atoms with van der Waals surface area (Å²) in [6.07, 6.45) is 3.09. The predicted octanol–water partition coefficient (Wildman–Crippen LogP) is 4.94. The van der Waals surface area contributed by atoms with Crippen molar-refractivity contribution in [2.45, 2.75) is 39.5 Å². The van der Waals surface area contributed by atoms with Crippen LogP contribution < -0.4 is 0 Å². The molecule has 0 fully saturated rings. The topological polar surface area (TPSA) is 98.9 Å². The average molecular weight is 382 g/mol. The van der Waals surface area contributed by atoms with E-state index >= 15 is 0 Å². The number of Topliss-reactive ketones (excluding diaryl/α,β-unsaturated/α-hetero) is 1. The summed E-state index contributed by atoms with van der Waals surface area (Å²) in [6.45, 7) is 3.27. The van der Waals surface area contributed by atoms with Gasteiger partial charge in [0.2, 0.25) is 5.78 Å². The average Bonchev–Trinajstić information content (AvgIpc) is 2.70. The molecule has 0 aliphatic heterocycles. The molecule has 7 heteroatoms. The summed E-state index contributed by atoms with van der Waals surface area (Å²) in [5.41, 5.74) is 1.67. The number of hydrogen-bond acceptors (Lipinski definition) is 6. The number of para-hydroxylation sites is 1. The fraction of sp³-hybridized carbons (Fsp3) is 0.286.